The van der Waals surface area contributed by atoms with Crippen LogP contribution in [0.5, 0.6) is 5.75 Å². The van der Waals surface area contributed by atoms with E-state index in [1.54, 1.807) is 0 Å². The zero-order valence-corrected chi connectivity index (χ0v) is 13.0. The number of hydrogen-bond acceptors (Lipinski definition) is 2. The lowest BCUT2D eigenvalue weighted by Crippen LogP contribution is -2.43. The Kier molecular flexibility index (Phi) is 3.73. The summed E-state index contributed by atoms with van der Waals surface area (Å²) in [6.07, 6.45) is 1.02. The second kappa shape index (κ2) is 5.53. The van der Waals surface area contributed by atoms with Crippen LogP contribution in [0.4, 0.5) is 0 Å². The third-order valence-corrected chi connectivity index (χ3v) is 4.13. The molecule has 2 nitrogen and oxygen atoms in total. The molecule has 3 rings (SSSR count). The first-order valence-electron chi connectivity index (χ1n) is 7.64. The summed E-state index contributed by atoms with van der Waals surface area (Å²) in [6.45, 7) is 6.55. The summed E-state index contributed by atoms with van der Waals surface area (Å²) in [5.41, 5.74) is 2.42. The predicted octanol–water partition coefficient (Wildman–Crippen LogP) is 4.12. The van der Waals surface area contributed by atoms with Crippen LogP contribution in [0.3, 0.4) is 0 Å². The average molecular weight is 281 g/mol. The van der Waals surface area contributed by atoms with Crippen molar-refractivity contribution in [3.05, 3.63) is 65.7 Å². The number of hydrogen-bond donors (Lipinski definition) is 1. The summed E-state index contributed by atoms with van der Waals surface area (Å²) < 4.78 is 6.10. The van der Waals surface area contributed by atoms with Crippen LogP contribution in [0.25, 0.3) is 0 Å². The smallest absolute Gasteiger partial charge is 0.125 e. The van der Waals surface area contributed by atoms with Gasteiger partial charge in [-0.3, -0.25) is 0 Å². The predicted molar refractivity (Wildman–Crippen MR) is 86.6 cm³/mol. The molecule has 1 heterocycles. The van der Waals surface area contributed by atoms with Gasteiger partial charge in [0.2, 0.25) is 0 Å². The number of rotatable bonds is 4. The van der Waals surface area contributed by atoms with Gasteiger partial charge in [-0.15, -0.1) is 0 Å². The normalized spacial score (nSPS) is 20.6. The molecule has 0 amide bonds. The molecule has 2 atom stereocenters. The van der Waals surface area contributed by atoms with Gasteiger partial charge in [-0.2, -0.15) is 0 Å². The van der Waals surface area contributed by atoms with Crippen molar-refractivity contribution in [2.75, 3.05) is 0 Å². The van der Waals surface area contributed by atoms with Crippen LogP contribution < -0.4 is 10.1 Å². The van der Waals surface area contributed by atoms with Crippen LogP contribution >= 0.6 is 0 Å². The van der Waals surface area contributed by atoms with Crippen molar-refractivity contribution in [3.63, 3.8) is 0 Å². The first-order chi connectivity index (χ1) is 10.1. The fourth-order valence-electron chi connectivity index (χ4n) is 3.13. The molecule has 0 aliphatic carbocycles. The molecule has 2 aromatic carbocycles. The van der Waals surface area contributed by atoms with Crippen molar-refractivity contribution in [2.45, 2.75) is 44.9 Å². The molecule has 0 spiro atoms. The summed E-state index contributed by atoms with van der Waals surface area (Å²) in [4.78, 5) is 0. The first kappa shape index (κ1) is 14.2. The molecule has 2 unspecified atom stereocenters. The summed E-state index contributed by atoms with van der Waals surface area (Å²) in [6, 6.07) is 19.6. The van der Waals surface area contributed by atoms with Gasteiger partial charge in [0.05, 0.1) is 6.04 Å². The summed E-state index contributed by atoms with van der Waals surface area (Å²) in [7, 11) is 0. The topological polar surface area (TPSA) is 21.3 Å². The lowest BCUT2D eigenvalue weighted by atomic mass is 9.93. The number of nitrogens with one attached hydrogen (secondary N) is 1. The van der Waals surface area contributed by atoms with E-state index in [9.17, 15) is 0 Å². The molecule has 0 bridgehead atoms. The van der Waals surface area contributed by atoms with Crippen molar-refractivity contribution >= 4 is 0 Å². The van der Waals surface area contributed by atoms with Crippen molar-refractivity contribution in [1.29, 1.82) is 0 Å². The van der Waals surface area contributed by atoms with Crippen LogP contribution in [0.2, 0.25) is 0 Å². The fraction of sp³-hybridized carbons (Fsp3) is 0.368. The largest absolute Gasteiger partial charge is 0.486 e. The van der Waals surface area contributed by atoms with E-state index in [1.165, 1.54) is 11.1 Å². The van der Waals surface area contributed by atoms with Crippen molar-refractivity contribution in [2.24, 2.45) is 0 Å². The van der Waals surface area contributed by atoms with Crippen LogP contribution in [-0.2, 0) is 6.42 Å². The highest BCUT2D eigenvalue weighted by Crippen LogP contribution is 2.42. The fourth-order valence-corrected chi connectivity index (χ4v) is 3.13. The minimum Gasteiger partial charge on any atom is -0.486 e. The molecule has 0 fully saturated rings. The van der Waals surface area contributed by atoms with Crippen molar-refractivity contribution in [1.82, 2.24) is 5.32 Å². The summed E-state index contributed by atoms with van der Waals surface area (Å²) in [5, 5.41) is 3.75. The van der Waals surface area contributed by atoms with Crippen LogP contribution in [0.1, 0.15) is 37.9 Å². The maximum Gasteiger partial charge on any atom is 0.125 e. The minimum atomic E-state index is -0.214. The van der Waals surface area contributed by atoms with E-state index in [0.717, 1.165) is 12.2 Å². The summed E-state index contributed by atoms with van der Waals surface area (Å²) >= 11 is 0. The van der Waals surface area contributed by atoms with E-state index < -0.39 is 0 Å². The highest BCUT2D eigenvalue weighted by atomic mass is 16.5. The Morgan fingerprint density at radius 2 is 1.71 bits per heavy atom. The van der Waals surface area contributed by atoms with Gasteiger partial charge in [0, 0.05) is 11.6 Å². The van der Waals surface area contributed by atoms with E-state index in [4.69, 9.17) is 4.74 Å². The van der Waals surface area contributed by atoms with Gasteiger partial charge in [-0.1, -0.05) is 48.5 Å². The third kappa shape index (κ3) is 2.96. The van der Waals surface area contributed by atoms with Crippen LogP contribution in [0.15, 0.2) is 54.6 Å². The van der Waals surface area contributed by atoms with Gasteiger partial charge < -0.3 is 10.1 Å². The number of ether oxygens (including phenoxy) is 1. The molecule has 0 saturated heterocycles. The standard InChI is InChI=1S/C19H23NO/c1-14(13-15-9-5-4-6-10-15)20-18-16-11-7-8-12-17(16)21-19(18,2)3/h4-12,14,18,20H,13H2,1-3H3. The molecule has 110 valence electrons. The Morgan fingerprint density at radius 3 is 2.48 bits per heavy atom. The lowest BCUT2D eigenvalue weighted by Gasteiger charge is -2.30. The maximum absolute atomic E-state index is 6.10. The van der Waals surface area contributed by atoms with E-state index in [0.29, 0.717) is 6.04 Å². The number of para-hydroxylation sites is 1. The number of fused-ring (bicyclic) bond motifs is 1. The monoisotopic (exact) mass is 281 g/mol. The summed E-state index contributed by atoms with van der Waals surface area (Å²) in [5.74, 6) is 1.01. The SMILES string of the molecule is CC(Cc1ccccc1)NC1c2ccccc2OC1(C)C. The lowest BCUT2D eigenvalue weighted by molar-refractivity contribution is 0.0919. The zero-order valence-electron chi connectivity index (χ0n) is 13.0. The van der Waals surface area contributed by atoms with Gasteiger partial charge in [0.25, 0.3) is 0 Å². The van der Waals surface area contributed by atoms with Crippen molar-refractivity contribution < 1.29 is 4.74 Å². The Hall–Kier alpha value is -1.80. The Bertz CT molecular complexity index is 606. The second-order valence-electron chi connectivity index (χ2n) is 6.43. The molecule has 1 aliphatic heterocycles. The maximum atomic E-state index is 6.10. The van der Waals surface area contributed by atoms with Gasteiger partial charge >= 0.3 is 0 Å². The van der Waals surface area contributed by atoms with Crippen molar-refractivity contribution in [3.8, 4) is 5.75 Å². The molecule has 2 aromatic rings. The highest BCUT2D eigenvalue weighted by molar-refractivity contribution is 5.42. The highest BCUT2D eigenvalue weighted by Gasteiger charge is 2.41. The minimum absolute atomic E-state index is 0.214. The molecule has 0 saturated carbocycles. The Morgan fingerprint density at radius 1 is 1.05 bits per heavy atom. The molecule has 0 aromatic heterocycles. The third-order valence-electron chi connectivity index (χ3n) is 4.13. The molecule has 2 heteroatoms. The molecule has 0 radical (unpaired) electrons. The zero-order chi connectivity index (χ0) is 14.9. The van der Waals surface area contributed by atoms with E-state index in [2.05, 4.69) is 74.6 Å². The van der Waals surface area contributed by atoms with Gasteiger partial charge in [0.1, 0.15) is 11.4 Å². The van der Waals surface area contributed by atoms with Gasteiger partial charge in [-0.05, 0) is 38.8 Å². The second-order valence-corrected chi connectivity index (χ2v) is 6.43. The molecular weight excluding hydrogens is 258 g/mol. The van der Waals surface area contributed by atoms with Crippen LogP contribution in [0, 0.1) is 0 Å². The molecule has 1 N–H and O–H groups in total. The van der Waals surface area contributed by atoms with Gasteiger partial charge in [-0.25, -0.2) is 0 Å². The number of benzene rings is 2. The molecule has 1 aliphatic rings. The Balaban J connectivity index is 1.74. The molecule has 21 heavy (non-hydrogen) atoms. The first-order valence-corrected chi connectivity index (χ1v) is 7.64. The van der Waals surface area contributed by atoms with E-state index >= 15 is 0 Å². The average Bonchev–Trinajstić information content (AvgIpc) is 2.71. The Labute approximate surface area is 127 Å². The van der Waals surface area contributed by atoms with E-state index in [1.807, 2.05) is 6.07 Å². The van der Waals surface area contributed by atoms with Crippen LogP contribution in [-0.4, -0.2) is 11.6 Å². The quantitative estimate of drug-likeness (QED) is 0.910. The van der Waals surface area contributed by atoms with E-state index in [-0.39, 0.29) is 11.6 Å². The van der Waals surface area contributed by atoms with Gasteiger partial charge in [0.15, 0.2) is 0 Å². The molecular formula is C19H23NO.